The Bertz CT molecular complexity index is 826. The van der Waals surface area contributed by atoms with Gasteiger partial charge in [-0.1, -0.05) is 6.92 Å². The Labute approximate surface area is 131 Å². The molecule has 3 aromatic rings. The van der Waals surface area contributed by atoms with Crippen LogP contribution in [0.2, 0.25) is 0 Å². The Hall–Kier alpha value is -1.88. The first-order valence-corrected chi connectivity index (χ1v) is 8.07. The lowest BCUT2D eigenvalue weighted by atomic mass is 10.1. The third-order valence-corrected chi connectivity index (χ3v) is 4.59. The van der Waals surface area contributed by atoms with Crippen LogP contribution in [0.3, 0.4) is 0 Å². The number of thiophene rings is 1. The van der Waals surface area contributed by atoms with Crippen LogP contribution in [0.15, 0.2) is 24.3 Å². The van der Waals surface area contributed by atoms with Crippen molar-refractivity contribution in [1.82, 2.24) is 0 Å². The molecule has 0 saturated carbocycles. The van der Waals surface area contributed by atoms with Crippen LogP contribution in [0, 0.1) is 11.6 Å². The van der Waals surface area contributed by atoms with Gasteiger partial charge >= 0.3 is 0 Å². The van der Waals surface area contributed by atoms with Gasteiger partial charge in [-0.3, -0.25) is 0 Å². The number of fused-ring (bicyclic) bond motifs is 3. The lowest BCUT2D eigenvalue weighted by molar-refractivity contribution is 0.303. The lowest BCUT2D eigenvalue weighted by Crippen LogP contribution is -1.97. The van der Waals surface area contributed by atoms with E-state index in [1.807, 2.05) is 6.92 Å². The van der Waals surface area contributed by atoms with Gasteiger partial charge in [-0.15, -0.1) is 11.3 Å². The summed E-state index contributed by atoms with van der Waals surface area (Å²) in [6, 6.07) is 6.75. The van der Waals surface area contributed by atoms with Crippen molar-refractivity contribution >= 4 is 31.5 Å². The molecule has 0 aliphatic rings. The molecular weight excluding hydrogens is 306 g/mol. The molecule has 0 saturated heterocycles. The van der Waals surface area contributed by atoms with E-state index in [4.69, 9.17) is 9.47 Å². The maximum atomic E-state index is 14.5. The Morgan fingerprint density at radius 2 is 1.41 bits per heavy atom. The van der Waals surface area contributed by atoms with Crippen LogP contribution in [0.25, 0.3) is 20.2 Å². The number of ether oxygens (including phenoxy) is 2. The van der Waals surface area contributed by atoms with E-state index in [1.165, 1.54) is 0 Å². The molecule has 1 aromatic heterocycles. The van der Waals surface area contributed by atoms with Gasteiger partial charge in [-0.05, 0) is 37.6 Å². The van der Waals surface area contributed by atoms with E-state index < -0.39 is 11.6 Å². The maximum Gasteiger partial charge on any atom is 0.182 e. The van der Waals surface area contributed by atoms with Crippen molar-refractivity contribution < 1.29 is 18.3 Å². The Morgan fingerprint density at radius 1 is 0.864 bits per heavy atom. The molecule has 1 heterocycles. The van der Waals surface area contributed by atoms with Crippen LogP contribution in [0.1, 0.15) is 20.3 Å². The molecule has 0 spiro atoms. The van der Waals surface area contributed by atoms with E-state index >= 15 is 0 Å². The summed E-state index contributed by atoms with van der Waals surface area (Å²) in [6.07, 6.45) is 0.802. The van der Waals surface area contributed by atoms with Gasteiger partial charge in [0.15, 0.2) is 23.1 Å². The fraction of sp³-hybridized carbons (Fsp3) is 0.294. The van der Waals surface area contributed by atoms with Crippen LogP contribution < -0.4 is 9.47 Å². The van der Waals surface area contributed by atoms with Crippen LogP contribution >= 0.6 is 11.3 Å². The summed E-state index contributed by atoms with van der Waals surface area (Å²) in [5, 5.41) is 1.39. The smallest absolute Gasteiger partial charge is 0.182 e. The number of hydrogen-bond acceptors (Lipinski definition) is 3. The van der Waals surface area contributed by atoms with Crippen molar-refractivity contribution in [3.05, 3.63) is 35.9 Å². The summed E-state index contributed by atoms with van der Waals surface area (Å²) >= 11 is 1.09. The predicted molar refractivity (Wildman–Crippen MR) is 86.2 cm³/mol. The third kappa shape index (κ3) is 2.39. The highest BCUT2D eigenvalue weighted by atomic mass is 32.1. The lowest BCUT2D eigenvalue weighted by Gasteiger charge is -2.06. The minimum atomic E-state index is -0.434. The molecule has 116 valence electrons. The van der Waals surface area contributed by atoms with E-state index in [2.05, 4.69) is 0 Å². The number of halogens is 2. The second-order valence-electron chi connectivity index (χ2n) is 4.89. The van der Waals surface area contributed by atoms with Crippen molar-refractivity contribution in [2.75, 3.05) is 13.2 Å². The molecule has 0 N–H and O–H groups in total. The maximum absolute atomic E-state index is 14.5. The summed E-state index contributed by atoms with van der Waals surface area (Å²) in [6.45, 7) is 4.60. The highest BCUT2D eigenvalue weighted by molar-refractivity contribution is 7.25. The summed E-state index contributed by atoms with van der Waals surface area (Å²) in [5.74, 6) is -0.448. The number of rotatable bonds is 5. The fourth-order valence-electron chi connectivity index (χ4n) is 2.39. The normalized spacial score (nSPS) is 11.3. The highest BCUT2D eigenvalue weighted by Gasteiger charge is 2.18. The van der Waals surface area contributed by atoms with Crippen molar-refractivity contribution in [1.29, 1.82) is 0 Å². The molecule has 0 radical (unpaired) electrons. The molecule has 2 nitrogen and oxygen atoms in total. The van der Waals surface area contributed by atoms with E-state index in [1.54, 1.807) is 31.2 Å². The summed E-state index contributed by atoms with van der Waals surface area (Å²) in [4.78, 5) is 0. The molecule has 0 aliphatic carbocycles. The molecule has 0 fully saturated rings. The SMILES string of the molecule is CCCOc1ccc2c(sc3c(F)c(OCC)ccc32)c1F. The van der Waals surface area contributed by atoms with E-state index in [-0.39, 0.29) is 11.5 Å². The van der Waals surface area contributed by atoms with Gasteiger partial charge in [0, 0.05) is 10.8 Å². The minimum absolute atomic E-state index is 0.199. The largest absolute Gasteiger partial charge is 0.491 e. The summed E-state index contributed by atoms with van der Waals surface area (Å²) in [5.41, 5.74) is 0. The van der Waals surface area contributed by atoms with Gasteiger partial charge in [-0.25, -0.2) is 8.78 Å². The zero-order valence-electron chi connectivity index (χ0n) is 12.4. The number of benzene rings is 2. The van der Waals surface area contributed by atoms with Gasteiger partial charge in [0.25, 0.3) is 0 Å². The standard InChI is InChI=1S/C17H16F2O2S/c1-3-9-21-13-8-6-11-10-5-7-12(20-4-2)14(18)16(10)22-17(11)15(13)19/h5-8H,3-4,9H2,1-2H3. The van der Waals surface area contributed by atoms with Crippen LogP contribution in [0.5, 0.6) is 11.5 Å². The molecule has 3 rings (SSSR count). The highest BCUT2D eigenvalue weighted by Crippen LogP contribution is 2.41. The van der Waals surface area contributed by atoms with E-state index in [0.717, 1.165) is 17.8 Å². The molecule has 22 heavy (non-hydrogen) atoms. The first-order valence-electron chi connectivity index (χ1n) is 7.26. The van der Waals surface area contributed by atoms with Crippen LogP contribution in [-0.4, -0.2) is 13.2 Å². The van der Waals surface area contributed by atoms with Crippen LogP contribution in [0.4, 0.5) is 8.78 Å². The van der Waals surface area contributed by atoms with Crippen molar-refractivity contribution in [2.45, 2.75) is 20.3 Å². The first-order chi connectivity index (χ1) is 10.7. The van der Waals surface area contributed by atoms with Gasteiger partial charge in [0.05, 0.1) is 22.6 Å². The molecule has 5 heteroatoms. The second-order valence-corrected chi connectivity index (χ2v) is 5.91. The van der Waals surface area contributed by atoms with Crippen LogP contribution in [-0.2, 0) is 0 Å². The van der Waals surface area contributed by atoms with E-state index in [9.17, 15) is 8.78 Å². The first kappa shape index (κ1) is 15.0. The summed E-state index contributed by atoms with van der Waals surface area (Å²) < 4.78 is 40.5. The van der Waals surface area contributed by atoms with Gasteiger partial charge in [0.1, 0.15) is 0 Å². The molecule has 2 aromatic carbocycles. The van der Waals surface area contributed by atoms with Crippen molar-refractivity contribution in [3.8, 4) is 11.5 Å². The molecular formula is C17H16F2O2S. The Kier molecular flexibility index (Phi) is 4.16. The zero-order valence-corrected chi connectivity index (χ0v) is 13.2. The topological polar surface area (TPSA) is 18.5 Å². The van der Waals surface area contributed by atoms with Gasteiger partial charge in [0.2, 0.25) is 0 Å². The monoisotopic (exact) mass is 322 g/mol. The average Bonchev–Trinajstić information content (AvgIpc) is 2.90. The molecule has 0 bridgehead atoms. The molecule has 0 aliphatic heterocycles. The second kappa shape index (κ2) is 6.08. The van der Waals surface area contributed by atoms with Crippen molar-refractivity contribution in [3.63, 3.8) is 0 Å². The predicted octanol–water partition coefficient (Wildman–Crippen LogP) is 5.52. The third-order valence-electron chi connectivity index (χ3n) is 3.38. The molecule has 0 unspecified atom stereocenters. The minimum Gasteiger partial charge on any atom is -0.491 e. The van der Waals surface area contributed by atoms with Gasteiger partial charge in [-0.2, -0.15) is 0 Å². The fourth-order valence-corrected chi connectivity index (χ4v) is 3.55. The Morgan fingerprint density at radius 3 is 1.91 bits per heavy atom. The van der Waals surface area contributed by atoms with Gasteiger partial charge < -0.3 is 9.47 Å². The Balaban J connectivity index is 2.20. The summed E-state index contributed by atoms with van der Waals surface area (Å²) in [7, 11) is 0. The average molecular weight is 322 g/mol. The molecule has 0 amide bonds. The number of hydrogen-bond donors (Lipinski definition) is 0. The van der Waals surface area contributed by atoms with E-state index in [0.29, 0.717) is 33.4 Å². The van der Waals surface area contributed by atoms with Crippen molar-refractivity contribution in [2.24, 2.45) is 0 Å². The zero-order chi connectivity index (χ0) is 15.7. The molecule has 0 atom stereocenters. The quantitative estimate of drug-likeness (QED) is 0.616.